The molecule has 0 aromatic heterocycles. The van der Waals surface area contributed by atoms with E-state index in [9.17, 15) is 24.2 Å². The highest BCUT2D eigenvalue weighted by Gasteiger charge is 2.36. The number of anilines is 3. The molecule has 0 saturated heterocycles. The van der Waals surface area contributed by atoms with Gasteiger partial charge in [-0.1, -0.05) is 36.4 Å². The Labute approximate surface area is 212 Å². The number of hydrogen-bond donors (Lipinski definition) is 3. The van der Waals surface area contributed by atoms with Gasteiger partial charge in [0.05, 0.1) is 22.6 Å². The lowest BCUT2D eigenvalue weighted by molar-refractivity contribution is -0.111. The predicted octanol–water partition coefficient (Wildman–Crippen LogP) is 6.01. The zero-order chi connectivity index (χ0) is 26.3. The molecule has 1 aliphatic rings. The molecule has 5 rings (SSSR count). The number of hydrazone groups is 1. The summed E-state index contributed by atoms with van der Waals surface area (Å²) in [4.78, 5) is 26.4. The van der Waals surface area contributed by atoms with E-state index in [4.69, 9.17) is 0 Å². The first kappa shape index (κ1) is 23.7. The normalized spacial score (nSPS) is 13.6. The van der Waals surface area contributed by atoms with Crippen LogP contribution < -0.4 is 10.3 Å². The number of aromatic carboxylic acids is 1. The average molecular weight is 496 g/mol. The van der Waals surface area contributed by atoms with E-state index in [1.54, 1.807) is 36.4 Å². The van der Waals surface area contributed by atoms with E-state index < -0.39 is 17.7 Å². The van der Waals surface area contributed by atoms with Gasteiger partial charge in [0.1, 0.15) is 11.6 Å². The number of fused-ring (bicyclic) bond motifs is 1. The monoisotopic (exact) mass is 495 g/mol. The minimum absolute atomic E-state index is 0.00640. The smallest absolute Gasteiger partial charge is 0.335 e. The summed E-state index contributed by atoms with van der Waals surface area (Å²) in [6.45, 7) is 3.86. The van der Waals surface area contributed by atoms with Crippen molar-refractivity contribution in [2.45, 2.75) is 13.8 Å². The lowest BCUT2D eigenvalue weighted by atomic mass is 10.0. The molecule has 8 heteroatoms. The fourth-order valence-electron chi connectivity index (χ4n) is 4.35. The van der Waals surface area contributed by atoms with Crippen LogP contribution in [-0.2, 0) is 4.79 Å². The van der Waals surface area contributed by atoms with E-state index >= 15 is 0 Å². The first-order chi connectivity index (χ1) is 17.8. The number of phenols is 1. The molecule has 0 bridgehead atoms. The molecule has 0 atom stereocenters. The summed E-state index contributed by atoms with van der Waals surface area (Å²) in [5, 5.41) is 24.5. The molecular formula is C29H22FN3O4. The first-order valence-electron chi connectivity index (χ1n) is 11.5. The SMILES string of the molecule is Cc1cccc(N2C(=O)C(=NNc3cccc(-c4cccc(C(=O)O)c4)c3O)c3cc(F)ccc32)c1C. The summed E-state index contributed by atoms with van der Waals surface area (Å²) >= 11 is 0. The van der Waals surface area contributed by atoms with Gasteiger partial charge in [-0.15, -0.1) is 0 Å². The standard InChI is InChI=1S/C29H22FN3O4/c1-16-6-3-11-24(17(16)2)33-25-13-12-20(30)15-22(25)26(28(33)35)32-31-23-10-5-9-21(27(23)34)18-7-4-8-19(14-18)29(36)37/h3-15,31,34H,1-2H3,(H,36,37). The second-order valence-corrected chi connectivity index (χ2v) is 8.68. The van der Waals surface area contributed by atoms with Crippen molar-refractivity contribution in [1.29, 1.82) is 0 Å². The van der Waals surface area contributed by atoms with E-state index in [0.29, 0.717) is 28.1 Å². The number of carboxylic acid groups (broad SMARTS) is 1. The van der Waals surface area contributed by atoms with Crippen LogP contribution in [0, 0.1) is 19.7 Å². The molecule has 7 nitrogen and oxygen atoms in total. The van der Waals surface area contributed by atoms with Gasteiger partial charge in [-0.25, -0.2) is 9.18 Å². The van der Waals surface area contributed by atoms with Crippen molar-refractivity contribution in [3.05, 3.63) is 107 Å². The molecule has 0 unspecified atom stereocenters. The molecular weight excluding hydrogens is 473 g/mol. The van der Waals surface area contributed by atoms with Crippen LogP contribution in [0.1, 0.15) is 27.0 Å². The Morgan fingerprint density at radius 2 is 1.68 bits per heavy atom. The Morgan fingerprint density at radius 3 is 2.46 bits per heavy atom. The van der Waals surface area contributed by atoms with Crippen LogP contribution in [-0.4, -0.2) is 27.8 Å². The number of nitrogens with one attached hydrogen (secondary N) is 1. The number of carboxylic acids is 1. The van der Waals surface area contributed by atoms with Gasteiger partial charge < -0.3 is 10.2 Å². The van der Waals surface area contributed by atoms with E-state index in [-0.39, 0.29) is 22.7 Å². The predicted molar refractivity (Wildman–Crippen MR) is 140 cm³/mol. The van der Waals surface area contributed by atoms with Gasteiger partial charge >= 0.3 is 5.97 Å². The number of aryl methyl sites for hydroxylation is 1. The Balaban J connectivity index is 1.55. The van der Waals surface area contributed by atoms with Crippen molar-refractivity contribution in [3.8, 4) is 16.9 Å². The van der Waals surface area contributed by atoms with E-state index in [0.717, 1.165) is 11.1 Å². The third-order valence-electron chi connectivity index (χ3n) is 6.42. The maximum Gasteiger partial charge on any atom is 0.335 e. The van der Waals surface area contributed by atoms with Crippen molar-refractivity contribution in [2.24, 2.45) is 5.10 Å². The maximum atomic E-state index is 14.2. The highest BCUT2D eigenvalue weighted by atomic mass is 19.1. The third kappa shape index (κ3) is 4.18. The molecule has 184 valence electrons. The second-order valence-electron chi connectivity index (χ2n) is 8.68. The van der Waals surface area contributed by atoms with E-state index in [1.165, 1.54) is 29.2 Å². The van der Waals surface area contributed by atoms with Crippen molar-refractivity contribution >= 4 is 34.7 Å². The number of halogens is 1. The number of carbonyl (C=O) groups is 2. The second kappa shape index (κ2) is 9.23. The minimum Gasteiger partial charge on any atom is -0.505 e. The molecule has 0 aliphatic carbocycles. The van der Waals surface area contributed by atoms with Crippen molar-refractivity contribution < 1.29 is 24.2 Å². The molecule has 37 heavy (non-hydrogen) atoms. The number of hydrogen-bond acceptors (Lipinski definition) is 5. The molecule has 1 amide bonds. The van der Waals surface area contributed by atoms with Crippen LogP contribution in [0.25, 0.3) is 11.1 Å². The number of phenolic OH excluding ortho intramolecular Hbond substituents is 1. The average Bonchev–Trinajstić information content (AvgIpc) is 3.15. The summed E-state index contributed by atoms with van der Waals surface area (Å²) < 4.78 is 14.2. The lowest BCUT2D eigenvalue weighted by Crippen LogP contribution is -2.26. The Hall–Kier alpha value is -4.98. The van der Waals surface area contributed by atoms with Crippen LogP contribution in [0.15, 0.2) is 84.0 Å². The number of aromatic hydroxyl groups is 1. The van der Waals surface area contributed by atoms with Gasteiger partial charge in [0.15, 0.2) is 5.71 Å². The van der Waals surface area contributed by atoms with Gasteiger partial charge in [-0.2, -0.15) is 5.10 Å². The summed E-state index contributed by atoms with van der Waals surface area (Å²) in [7, 11) is 0. The number of nitrogens with zero attached hydrogens (tertiary/aromatic N) is 2. The lowest BCUT2D eigenvalue weighted by Gasteiger charge is -2.20. The molecule has 0 radical (unpaired) electrons. The zero-order valence-corrected chi connectivity index (χ0v) is 20.0. The number of carbonyl (C=O) groups excluding carboxylic acids is 1. The number of benzene rings is 4. The Morgan fingerprint density at radius 1 is 0.919 bits per heavy atom. The van der Waals surface area contributed by atoms with E-state index in [1.807, 2.05) is 32.0 Å². The van der Waals surface area contributed by atoms with Gasteiger partial charge in [0.25, 0.3) is 5.91 Å². The summed E-state index contributed by atoms with van der Waals surface area (Å²) in [5.74, 6) is -2.21. The van der Waals surface area contributed by atoms with E-state index in [2.05, 4.69) is 10.5 Å². The molecule has 4 aromatic rings. The minimum atomic E-state index is -1.08. The fourth-order valence-corrected chi connectivity index (χ4v) is 4.35. The van der Waals surface area contributed by atoms with Crippen molar-refractivity contribution in [2.75, 3.05) is 10.3 Å². The highest BCUT2D eigenvalue weighted by Crippen LogP contribution is 2.39. The Bertz CT molecular complexity index is 1610. The zero-order valence-electron chi connectivity index (χ0n) is 20.0. The van der Waals surface area contributed by atoms with Gasteiger partial charge in [0.2, 0.25) is 0 Å². The molecule has 3 N–H and O–H groups in total. The number of para-hydroxylation sites is 1. The Kier molecular flexibility index (Phi) is 5.93. The number of amides is 1. The van der Waals surface area contributed by atoms with Crippen LogP contribution in [0.4, 0.5) is 21.5 Å². The highest BCUT2D eigenvalue weighted by molar-refractivity contribution is 6.55. The van der Waals surface area contributed by atoms with Crippen molar-refractivity contribution in [3.63, 3.8) is 0 Å². The molecule has 1 aliphatic heterocycles. The summed E-state index contributed by atoms with van der Waals surface area (Å²) in [6, 6.07) is 20.8. The van der Waals surface area contributed by atoms with Gasteiger partial charge in [-0.05, 0) is 73.0 Å². The van der Waals surface area contributed by atoms with Gasteiger partial charge in [-0.3, -0.25) is 15.1 Å². The van der Waals surface area contributed by atoms with Crippen molar-refractivity contribution in [1.82, 2.24) is 0 Å². The quantitative estimate of drug-likeness (QED) is 0.233. The number of rotatable bonds is 5. The largest absolute Gasteiger partial charge is 0.505 e. The first-order valence-corrected chi connectivity index (χ1v) is 11.5. The van der Waals surface area contributed by atoms with Crippen LogP contribution in [0.2, 0.25) is 0 Å². The fraction of sp³-hybridized carbons (Fsp3) is 0.0690. The molecule has 4 aromatic carbocycles. The molecule has 0 spiro atoms. The molecule has 0 saturated carbocycles. The molecule has 1 heterocycles. The van der Waals surface area contributed by atoms with Gasteiger partial charge in [0, 0.05) is 11.1 Å². The summed E-state index contributed by atoms with van der Waals surface area (Å²) in [5.41, 5.74) is 7.31. The summed E-state index contributed by atoms with van der Waals surface area (Å²) in [6.07, 6.45) is 0. The third-order valence-corrected chi connectivity index (χ3v) is 6.42. The van der Waals surface area contributed by atoms with Crippen LogP contribution >= 0.6 is 0 Å². The topological polar surface area (TPSA) is 102 Å². The van der Waals surface area contributed by atoms with Crippen LogP contribution in [0.5, 0.6) is 5.75 Å². The maximum absolute atomic E-state index is 14.2. The molecule has 0 fully saturated rings. The van der Waals surface area contributed by atoms with Crippen LogP contribution in [0.3, 0.4) is 0 Å².